The van der Waals surface area contributed by atoms with Crippen LogP contribution in [0, 0.1) is 0 Å². The van der Waals surface area contributed by atoms with E-state index in [1.54, 1.807) is 50.2 Å². The minimum absolute atomic E-state index is 0.235. The van der Waals surface area contributed by atoms with Gasteiger partial charge in [-0.05, 0) is 64.2 Å². The van der Waals surface area contributed by atoms with Crippen LogP contribution in [0.2, 0.25) is 0 Å². The van der Waals surface area contributed by atoms with E-state index < -0.39 is 23.8 Å². The van der Waals surface area contributed by atoms with Crippen LogP contribution in [-0.2, 0) is 14.3 Å². The number of carbonyl (C=O) groups is 3. The van der Waals surface area contributed by atoms with Crippen molar-refractivity contribution in [3.8, 4) is 0 Å². The molecule has 3 amide bonds. The fraction of sp³-hybridized carbons (Fsp3) is 0.652. The summed E-state index contributed by atoms with van der Waals surface area (Å²) < 4.78 is 5.17. The topological polar surface area (TPSA) is 121 Å². The molecule has 9 nitrogen and oxygen atoms in total. The van der Waals surface area contributed by atoms with Gasteiger partial charge < -0.3 is 25.4 Å². The van der Waals surface area contributed by atoms with Crippen LogP contribution in [-0.4, -0.2) is 64.2 Å². The number of hydrogen-bond donors (Lipinski definition) is 3. The van der Waals surface area contributed by atoms with Crippen molar-refractivity contribution in [1.29, 1.82) is 0 Å². The quantitative estimate of drug-likeness (QED) is 0.472. The molecule has 2 rings (SSSR count). The molecule has 2 atom stereocenters. The molecule has 0 spiro atoms. The summed E-state index contributed by atoms with van der Waals surface area (Å²) in [6.07, 6.45) is 5.63. The summed E-state index contributed by atoms with van der Waals surface area (Å²) in [4.78, 5) is 42.7. The van der Waals surface area contributed by atoms with Crippen LogP contribution >= 0.6 is 0 Å². The molecule has 1 aromatic rings. The van der Waals surface area contributed by atoms with Gasteiger partial charge in [-0.15, -0.1) is 0 Å². The van der Waals surface area contributed by atoms with Gasteiger partial charge in [-0.2, -0.15) is 0 Å². The summed E-state index contributed by atoms with van der Waals surface area (Å²) in [6, 6.07) is 2.24. The molecule has 0 bridgehead atoms. The van der Waals surface area contributed by atoms with Crippen LogP contribution in [0.4, 0.5) is 4.79 Å². The highest BCUT2D eigenvalue weighted by Crippen LogP contribution is 2.20. The number of carbonyl (C=O) groups excluding carboxylic acids is 3. The zero-order valence-corrected chi connectivity index (χ0v) is 19.3. The maximum atomic E-state index is 13.0. The number of unbranched alkanes of at least 4 members (excludes halogenated alkanes) is 2. The number of ether oxygens (including phenoxy) is 1. The number of alkyl carbamates (subject to hydrolysis) is 1. The van der Waals surface area contributed by atoms with Gasteiger partial charge in [-0.1, -0.05) is 6.42 Å². The lowest BCUT2D eigenvalue weighted by molar-refractivity contribution is -0.139. The number of aliphatic hydroxyl groups excluding tert-OH is 1. The van der Waals surface area contributed by atoms with E-state index in [-0.39, 0.29) is 18.2 Å². The average Bonchev–Trinajstić information content (AvgIpc) is 3.28. The SMILES string of the molecule is CC(C)(C)OC(=O)NCCCCCC(=O)NC(C(=O)N1CCCC1)[C@@H](O)c1ccncc1. The highest BCUT2D eigenvalue weighted by Gasteiger charge is 2.34. The number of hydrogen-bond acceptors (Lipinski definition) is 6. The summed E-state index contributed by atoms with van der Waals surface area (Å²) in [6.45, 7) is 7.15. The van der Waals surface area contributed by atoms with Gasteiger partial charge in [0.25, 0.3) is 0 Å². The van der Waals surface area contributed by atoms with E-state index in [1.165, 1.54) is 0 Å². The zero-order valence-electron chi connectivity index (χ0n) is 19.3. The second-order valence-corrected chi connectivity index (χ2v) is 9.04. The predicted molar refractivity (Wildman–Crippen MR) is 120 cm³/mol. The van der Waals surface area contributed by atoms with Crippen LogP contribution in [0.3, 0.4) is 0 Å². The lowest BCUT2D eigenvalue weighted by atomic mass is 10.0. The van der Waals surface area contributed by atoms with Gasteiger partial charge in [-0.25, -0.2) is 4.79 Å². The molecule has 1 fully saturated rings. The lowest BCUT2D eigenvalue weighted by Gasteiger charge is -2.28. The van der Waals surface area contributed by atoms with E-state index in [2.05, 4.69) is 15.6 Å². The fourth-order valence-corrected chi connectivity index (χ4v) is 3.50. The maximum absolute atomic E-state index is 13.0. The molecule has 3 N–H and O–H groups in total. The molecule has 1 aliphatic rings. The molecular formula is C23H36N4O5. The standard InChI is InChI=1S/C23H36N4O5/c1-23(2,3)32-22(31)25-12-6-4-5-9-18(28)26-19(21(30)27-15-7-8-16-27)20(29)17-10-13-24-14-11-17/h10-11,13-14,19-20,29H,4-9,12,15-16H2,1-3H3,(H,25,31)(H,26,28)/t19?,20-/m0/s1. The average molecular weight is 449 g/mol. The molecule has 0 saturated carbocycles. The van der Waals surface area contributed by atoms with Gasteiger partial charge in [0, 0.05) is 38.4 Å². The number of aliphatic hydroxyl groups is 1. The molecule has 1 saturated heterocycles. The van der Waals surface area contributed by atoms with Crippen molar-refractivity contribution in [3.05, 3.63) is 30.1 Å². The Labute approximate surface area is 189 Å². The van der Waals surface area contributed by atoms with E-state index in [4.69, 9.17) is 4.74 Å². The van der Waals surface area contributed by atoms with Crippen LogP contribution in [0.1, 0.15) is 71.0 Å². The molecule has 1 aliphatic heterocycles. The van der Waals surface area contributed by atoms with Gasteiger partial charge in [0.05, 0.1) is 0 Å². The summed E-state index contributed by atoms with van der Waals surface area (Å²) in [7, 11) is 0. The highest BCUT2D eigenvalue weighted by atomic mass is 16.6. The van der Waals surface area contributed by atoms with E-state index in [9.17, 15) is 19.5 Å². The van der Waals surface area contributed by atoms with Gasteiger partial charge in [-0.3, -0.25) is 14.6 Å². The predicted octanol–water partition coefficient (Wildman–Crippen LogP) is 2.31. The monoisotopic (exact) mass is 448 g/mol. The summed E-state index contributed by atoms with van der Waals surface area (Å²) in [5.74, 6) is -0.544. The fourth-order valence-electron chi connectivity index (χ4n) is 3.50. The number of nitrogens with zero attached hydrogens (tertiary/aromatic N) is 2. The number of pyridine rings is 1. The Morgan fingerprint density at radius 3 is 2.41 bits per heavy atom. The second-order valence-electron chi connectivity index (χ2n) is 9.04. The number of nitrogens with one attached hydrogen (secondary N) is 2. The van der Waals surface area contributed by atoms with Crippen LogP contribution in [0.5, 0.6) is 0 Å². The highest BCUT2D eigenvalue weighted by molar-refractivity contribution is 5.88. The van der Waals surface area contributed by atoms with Gasteiger partial charge in [0.15, 0.2) is 0 Å². The molecule has 1 aromatic heterocycles. The Balaban J connectivity index is 1.79. The van der Waals surface area contributed by atoms with Crippen molar-refractivity contribution in [1.82, 2.24) is 20.5 Å². The minimum atomic E-state index is -1.15. The van der Waals surface area contributed by atoms with Crippen molar-refractivity contribution in [3.63, 3.8) is 0 Å². The molecular weight excluding hydrogens is 412 g/mol. The molecule has 178 valence electrons. The Morgan fingerprint density at radius 1 is 1.12 bits per heavy atom. The Bertz CT molecular complexity index is 745. The zero-order chi connectivity index (χ0) is 23.6. The van der Waals surface area contributed by atoms with E-state index in [0.29, 0.717) is 38.0 Å². The minimum Gasteiger partial charge on any atom is -0.444 e. The first-order chi connectivity index (χ1) is 15.2. The maximum Gasteiger partial charge on any atom is 0.407 e. The summed E-state index contributed by atoms with van der Waals surface area (Å²) >= 11 is 0. The van der Waals surface area contributed by atoms with Gasteiger partial charge in [0.1, 0.15) is 17.7 Å². The molecule has 2 heterocycles. The number of likely N-dealkylation sites (tertiary alicyclic amines) is 1. The first-order valence-corrected chi connectivity index (χ1v) is 11.3. The third-order valence-electron chi connectivity index (χ3n) is 5.11. The molecule has 0 aromatic carbocycles. The van der Waals surface area contributed by atoms with Crippen molar-refractivity contribution >= 4 is 17.9 Å². The van der Waals surface area contributed by atoms with E-state index >= 15 is 0 Å². The van der Waals surface area contributed by atoms with Crippen molar-refractivity contribution in [2.75, 3.05) is 19.6 Å². The largest absolute Gasteiger partial charge is 0.444 e. The van der Waals surface area contributed by atoms with Crippen LogP contribution in [0.25, 0.3) is 0 Å². The van der Waals surface area contributed by atoms with E-state index in [1.807, 2.05) is 0 Å². The van der Waals surface area contributed by atoms with Gasteiger partial charge in [0.2, 0.25) is 11.8 Å². The third-order valence-corrected chi connectivity index (χ3v) is 5.11. The normalized spacial score (nSPS) is 15.7. The number of rotatable bonds is 10. The molecule has 0 aliphatic carbocycles. The third kappa shape index (κ3) is 8.82. The molecule has 32 heavy (non-hydrogen) atoms. The molecule has 1 unspecified atom stereocenters. The second kappa shape index (κ2) is 12.4. The Hall–Kier alpha value is -2.68. The number of aromatic nitrogens is 1. The molecule has 9 heteroatoms. The lowest BCUT2D eigenvalue weighted by Crippen LogP contribution is -2.51. The van der Waals surface area contributed by atoms with Crippen molar-refractivity contribution in [2.45, 2.75) is 77.0 Å². The smallest absolute Gasteiger partial charge is 0.407 e. The summed E-state index contributed by atoms with van der Waals surface area (Å²) in [5, 5.41) is 16.2. The van der Waals surface area contributed by atoms with Crippen molar-refractivity contribution in [2.24, 2.45) is 0 Å². The van der Waals surface area contributed by atoms with Gasteiger partial charge >= 0.3 is 6.09 Å². The Morgan fingerprint density at radius 2 is 1.78 bits per heavy atom. The van der Waals surface area contributed by atoms with E-state index in [0.717, 1.165) is 19.3 Å². The summed E-state index contributed by atoms with van der Waals surface area (Å²) in [5.41, 5.74) is -0.00228. The van der Waals surface area contributed by atoms with Crippen molar-refractivity contribution < 1.29 is 24.2 Å². The first-order valence-electron chi connectivity index (χ1n) is 11.3. The first kappa shape index (κ1) is 25.6. The number of amides is 3. The Kier molecular flexibility index (Phi) is 9.90. The molecule has 0 radical (unpaired) electrons. The van der Waals surface area contributed by atoms with Crippen LogP contribution in [0.15, 0.2) is 24.5 Å². The van der Waals surface area contributed by atoms with Crippen LogP contribution < -0.4 is 10.6 Å².